The number of likely N-dealkylation sites (tertiary alicyclic amines) is 1. The Bertz CT molecular complexity index is 957. The molecule has 33 heavy (non-hydrogen) atoms. The van der Waals surface area contributed by atoms with Crippen LogP contribution in [0.25, 0.3) is 0 Å². The minimum atomic E-state index is 0.136. The molecule has 2 aromatic rings. The standard InChI is InChI=1S/C29H39N3O/c1-21(2)17-23-10-11-26-24(18-23)13-16-31-20-25-9-6-15-32(27(25)19-28(26)31)29(33)30-14-12-22-7-4-3-5-8-22/h3-5,7-8,10-11,18,21,25,27-28H,6,9,12-17,19-20H2,1-2H3,(H,30,33)/t25-,27+,28+/m0/s1. The normalized spacial score (nSPS) is 24.7. The molecule has 0 saturated carbocycles. The lowest BCUT2D eigenvalue weighted by Crippen LogP contribution is -2.59. The van der Waals surface area contributed by atoms with E-state index in [4.69, 9.17) is 0 Å². The van der Waals surface area contributed by atoms with Crippen LogP contribution in [0, 0.1) is 11.8 Å². The fourth-order valence-corrected chi connectivity index (χ4v) is 6.42. The summed E-state index contributed by atoms with van der Waals surface area (Å²) in [5.74, 6) is 1.30. The van der Waals surface area contributed by atoms with Gasteiger partial charge in [-0.3, -0.25) is 4.90 Å². The molecule has 4 nitrogen and oxygen atoms in total. The Morgan fingerprint density at radius 2 is 1.94 bits per heavy atom. The Morgan fingerprint density at radius 3 is 2.76 bits per heavy atom. The molecule has 3 aliphatic heterocycles. The first-order valence-electron chi connectivity index (χ1n) is 13.0. The largest absolute Gasteiger partial charge is 0.338 e. The Hall–Kier alpha value is -2.33. The first-order valence-corrected chi connectivity index (χ1v) is 13.0. The Kier molecular flexibility index (Phi) is 6.73. The second-order valence-corrected chi connectivity index (χ2v) is 10.8. The van der Waals surface area contributed by atoms with E-state index in [1.165, 1.54) is 29.5 Å². The first-order chi connectivity index (χ1) is 16.1. The fourth-order valence-electron chi connectivity index (χ4n) is 6.42. The molecule has 0 unspecified atom stereocenters. The lowest BCUT2D eigenvalue weighted by molar-refractivity contribution is 0.00578. The van der Waals surface area contributed by atoms with Crippen LogP contribution in [0.4, 0.5) is 4.79 Å². The monoisotopic (exact) mass is 445 g/mol. The van der Waals surface area contributed by atoms with Crippen LogP contribution in [0.15, 0.2) is 48.5 Å². The van der Waals surface area contributed by atoms with Crippen LogP contribution in [0.5, 0.6) is 0 Å². The van der Waals surface area contributed by atoms with Gasteiger partial charge in [0.25, 0.3) is 0 Å². The molecule has 5 rings (SSSR count). The fraction of sp³-hybridized carbons (Fsp3) is 0.552. The second kappa shape index (κ2) is 9.89. The summed E-state index contributed by atoms with van der Waals surface area (Å²) in [5.41, 5.74) is 5.81. The number of benzene rings is 2. The summed E-state index contributed by atoms with van der Waals surface area (Å²) in [6.07, 6.45) is 6.66. The van der Waals surface area contributed by atoms with Gasteiger partial charge in [0.05, 0.1) is 0 Å². The van der Waals surface area contributed by atoms with Crippen LogP contribution in [0.1, 0.15) is 61.4 Å². The molecule has 3 heterocycles. The molecule has 3 atom stereocenters. The topological polar surface area (TPSA) is 35.6 Å². The molecular weight excluding hydrogens is 406 g/mol. The molecule has 0 spiro atoms. The summed E-state index contributed by atoms with van der Waals surface area (Å²) >= 11 is 0. The molecule has 0 bridgehead atoms. The van der Waals surface area contributed by atoms with Crippen molar-refractivity contribution in [3.8, 4) is 0 Å². The van der Waals surface area contributed by atoms with Crippen molar-refractivity contribution in [2.75, 3.05) is 26.2 Å². The van der Waals surface area contributed by atoms with Gasteiger partial charge in [0.15, 0.2) is 0 Å². The van der Waals surface area contributed by atoms with Crippen molar-refractivity contribution in [1.29, 1.82) is 0 Å². The SMILES string of the molecule is CC(C)Cc1ccc2c(c1)CCN1C[C@@H]3CCCN(C(=O)NCCc4ccccc4)[C@@H]3C[C@H]21. The summed E-state index contributed by atoms with van der Waals surface area (Å²) in [7, 11) is 0. The minimum Gasteiger partial charge on any atom is -0.338 e. The number of urea groups is 1. The van der Waals surface area contributed by atoms with Crippen molar-refractivity contribution < 1.29 is 4.79 Å². The highest BCUT2D eigenvalue weighted by Gasteiger charge is 2.43. The van der Waals surface area contributed by atoms with Gasteiger partial charge in [0.1, 0.15) is 0 Å². The quantitative estimate of drug-likeness (QED) is 0.685. The zero-order valence-electron chi connectivity index (χ0n) is 20.3. The van der Waals surface area contributed by atoms with Gasteiger partial charge in [-0.05, 0) is 72.6 Å². The van der Waals surface area contributed by atoms with E-state index in [1.54, 1.807) is 5.56 Å². The van der Waals surface area contributed by atoms with Gasteiger partial charge in [-0.1, -0.05) is 62.4 Å². The third kappa shape index (κ3) is 4.96. The molecule has 2 fully saturated rings. The number of carbonyl (C=O) groups is 1. The van der Waals surface area contributed by atoms with Gasteiger partial charge < -0.3 is 10.2 Å². The number of nitrogens with zero attached hydrogens (tertiary/aromatic N) is 2. The first kappa shape index (κ1) is 22.5. The number of carbonyl (C=O) groups excluding carboxylic acids is 1. The van der Waals surface area contributed by atoms with Crippen LogP contribution >= 0.6 is 0 Å². The van der Waals surface area contributed by atoms with Crippen LogP contribution in [-0.2, 0) is 19.3 Å². The second-order valence-electron chi connectivity index (χ2n) is 10.8. The molecule has 3 aliphatic rings. The van der Waals surface area contributed by atoms with Crippen LogP contribution < -0.4 is 5.32 Å². The Labute approximate surface area is 199 Å². The zero-order chi connectivity index (χ0) is 22.8. The number of amides is 2. The van der Waals surface area contributed by atoms with Gasteiger partial charge in [0.2, 0.25) is 0 Å². The Morgan fingerprint density at radius 1 is 1.09 bits per heavy atom. The molecule has 1 N–H and O–H groups in total. The maximum Gasteiger partial charge on any atom is 0.317 e. The average molecular weight is 446 g/mol. The van der Waals surface area contributed by atoms with Gasteiger partial charge in [-0.15, -0.1) is 0 Å². The zero-order valence-corrected chi connectivity index (χ0v) is 20.3. The highest BCUT2D eigenvalue weighted by molar-refractivity contribution is 5.74. The van der Waals surface area contributed by atoms with E-state index in [0.29, 0.717) is 30.5 Å². The van der Waals surface area contributed by atoms with Crippen LogP contribution in [0.2, 0.25) is 0 Å². The number of piperidine rings is 2. The predicted octanol–water partition coefficient (Wildman–Crippen LogP) is 5.22. The maximum absolute atomic E-state index is 13.2. The Balaban J connectivity index is 1.27. The molecule has 2 amide bonds. The van der Waals surface area contributed by atoms with Crippen LogP contribution in [-0.4, -0.2) is 48.1 Å². The lowest BCUT2D eigenvalue weighted by atomic mass is 9.76. The van der Waals surface area contributed by atoms with Crippen LogP contribution in [0.3, 0.4) is 0 Å². The highest BCUT2D eigenvalue weighted by Crippen LogP contribution is 2.43. The van der Waals surface area contributed by atoms with Gasteiger partial charge >= 0.3 is 6.03 Å². The number of nitrogens with one attached hydrogen (secondary N) is 1. The molecule has 0 radical (unpaired) electrons. The van der Waals surface area contributed by atoms with Gasteiger partial charge in [-0.25, -0.2) is 4.79 Å². The summed E-state index contributed by atoms with van der Waals surface area (Å²) < 4.78 is 0. The molecule has 2 saturated heterocycles. The molecule has 2 aromatic carbocycles. The summed E-state index contributed by atoms with van der Waals surface area (Å²) in [6, 6.07) is 18.6. The van der Waals surface area contributed by atoms with Gasteiger partial charge in [0, 0.05) is 38.3 Å². The molecule has 0 aromatic heterocycles. The third-order valence-corrected chi connectivity index (χ3v) is 7.97. The van der Waals surface area contributed by atoms with E-state index in [0.717, 1.165) is 45.3 Å². The lowest BCUT2D eigenvalue weighted by Gasteiger charge is -2.52. The highest BCUT2D eigenvalue weighted by atomic mass is 16.2. The van der Waals surface area contributed by atoms with Crippen molar-refractivity contribution in [3.63, 3.8) is 0 Å². The van der Waals surface area contributed by atoms with E-state index in [-0.39, 0.29) is 6.03 Å². The van der Waals surface area contributed by atoms with E-state index in [9.17, 15) is 4.79 Å². The van der Waals surface area contributed by atoms with Crippen molar-refractivity contribution in [3.05, 3.63) is 70.8 Å². The van der Waals surface area contributed by atoms with Gasteiger partial charge in [-0.2, -0.15) is 0 Å². The molecule has 176 valence electrons. The van der Waals surface area contributed by atoms with E-state index in [2.05, 4.69) is 71.4 Å². The minimum absolute atomic E-state index is 0.136. The average Bonchev–Trinajstić information content (AvgIpc) is 2.82. The molecule has 4 heteroatoms. The number of hydrogen-bond acceptors (Lipinski definition) is 2. The smallest absolute Gasteiger partial charge is 0.317 e. The van der Waals surface area contributed by atoms with Crippen molar-refractivity contribution >= 4 is 6.03 Å². The van der Waals surface area contributed by atoms with E-state index < -0.39 is 0 Å². The van der Waals surface area contributed by atoms with Crippen molar-refractivity contribution in [2.24, 2.45) is 11.8 Å². The predicted molar refractivity (Wildman–Crippen MR) is 134 cm³/mol. The maximum atomic E-state index is 13.2. The molecule has 0 aliphatic carbocycles. The van der Waals surface area contributed by atoms with Crippen molar-refractivity contribution in [2.45, 2.75) is 64.5 Å². The number of hydrogen-bond donors (Lipinski definition) is 1. The van der Waals surface area contributed by atoms with E-state index >= 15 is 0 Å². The number of fused-ring (bicyclic) bond motifs is 4. The summed E-state index contributed by atoms with van der Waals surface area (Å²) in [6.45, 7) is 8.49. The van der Waals surface area contributed by atoms with Crippen molar-refractivity contribution in [1.82, 2.24) is 15.1 Å². The summed E-state index contributed by atoms with van der Waals surface area (Å²) in [5, 5.41) is 3.22. The third-order valence-electron chi connectivity index (χ3n) is 7.97. The molecular formula is C29H39N3O. The van der Waals surface area contributed by atoms with E-state index in [1.807, 2.05) is 6.07 Å². The summed E-state index contributed by atoms with van der Waals surface area (Å²) in [4.78, 5) is 18.1. The number of rotatable bonds is 5.